The van der Waals surface area contributed by atoms with E-state index in [0.29, 0.717) is 17.1 Å². The van der Waals surface area contributed by atoms with Crippen LogP contribution < -0.4 is 11.1 Å². The second-order valence-electron chi connectivity index (χ2n) is 4.75. The monoisotopic (exact) mass is 268 g/mol. The van der Waals surface area contributed by atoms with Gasteiger partial charge in [0.15, 0.2) is 0 Å². The number of nitrogen functional groups attached to an aromatic ring is 1. The summed E-state index contributed by atoms with van der Waals surface area (Å²) >= 11 is 1.43. The van der Waals surface area contributed by atoms with Crippen molar-refractivity contribution in [3.63, 3.8) is 0 Å². The summed E-state index contributed by atoms with van der Waals surface area (Å²) in [6.45, 7) is 4.18. The van der Waals surface area contributed by atoms with Gasteiger partial charge in [-0.3, -0.25) is 4.79 Å². The van der Waals surface area contributed by atoms with Gasteiger partial charge >= 0.3 is 0 Å². The Morgan fingerprint density at radius 1 is 1.61 bits per heavy atom. The quantitative estimate of drug-likeness (QED) is 0.745. The van der Waals surface area contributed by atoms with Crippen LogP contribution in [0.5, 0.6) is 0 Å². The molecule has 1 amide bonds. The fraction of sp³-hybridized carbons (Fsp3) is 0.615. The molecule has 18 heavy (non-hydrogen) atoms. The summed E-state index contributed by atoms with van der Waals surface area (Å²) in [4.78, 5) is 13.4. The molecule has 0 atom stereocenters. The van der Waals surface area contributed by atoms with Gasteiger partial charge in [0.2, 0.25) is 0 Å². The first-order chi connectivity index (χ1) is 8.66. The van der Waals surface area contributed by atoms with Crippen LogP contribution in [0.1, 0.15) is 33.8 Å². The molecule has 100 valence electrons. The average molecular weight is 268 g/mol. The predicted molar refractivity (Wildman–Crippen MR) is 74.0 cm³/mol. The van der Waals surface area contributed by atoms with Gasteiger partial charge in [0.1, 0.15) is 0 Å². The number of ether oxygens (including phenoxy) is 1. The molecule has 1 aromatic heterocycles. The van der Waals surface area contributed by atoms with Gasteiger partial charge in [0, 0.05) is 30.3 Å². The fourth-order valence-electron chi connectivity index (χ4n) is 1.61. The van der Waals surface area contributed by atoms with Crippen molar-refractivity contribution in [3.05, 3.63) is 15.8 Å². The lowest BCUT2D eigenvalue weighted by Gasteiger charge is -2.04. The molecule has 1 fully saturated rings. The Labute approximate surface area is 112 Å². The number of nitrogens with one attached hydrogen (secondary N) is 1. The molecule has 1 heterocycles. The number of hydrogen-bond donors (Lipinski definition) is 2. The minimum absolute atomic E-state index is 0.0398. The lowest BCUT2D eigenvalue weighted by molar-refractivity contribution is 0.0941. The van der Waals surface area contributed by atoms with Crippen molar-refractivity contribution in [1.29, 1.82) is 0 Å². The summed E-state index contributed by atoms with van der Waals surface area (Å²) in [7, 11) is 0. The van der Waals surface area contributed by atoms with E-state index >= 15 is 0 Å². The molecule has 4 nitrogen and oxygen atoms in total. The minimum atomic E-state index is -0.0398. The SMILES string of the molecule is Cc1sc(C(=O)NCCCOCC2CC2)cc1N. The lowest BCUT2D eigenvalue weighted by Crippen LogP contribution is -2.24. The smallest absolute Gasteiger partial charge is 0.261 e. The van der Waals surface area contributed by atoms with Crippen molar-refractivity contribution in [1.82, 2.24) is 5.32 Å². The third kappa shape index (κ3) is 3.99. The molecule has 0 spiro atoms. The van der Waals surface area contributed by atoms with E-state index in [1.807, 2.05) is 6.92 Å². The molecule has 1 aliphatic rings. The number of rotatable bonds is 7. The van der Waals surface area contributed by atoms with Gasteiger partial charge in [-0.1, -0.05) is 0 Å². The van der Waals surface area contributed by atoms with Crippen LogP contribution in [0.3, 0.4) is 0 Å². The summed E-state index contributed by atoms with van der Waals surface area (Å²) < 4.78 is 5.50. The first-order valence-corrected chi connectivity index (χ1v) is 7.20. The Balaban J connectivity index is 1.59. The van der Waals surface area contributed by atoms with E-state index in [9.17, 15) is 4.79 Å². The van der Waals surface area contributed by atoms with Crippen LogP contribution in [0.15, 0.2) is 6.07 Å². The molecule has 1 aromatic rings. The number of hydrogen-bond acceptors (Lipinski definition) is 4. The third-order valence-electron chi connectivity index (χ3n) is 2.98. The number of nitrogens with two attached hydrogens (primary N) is 1. The van der Waals surface area contributed by atoms with Gasteiger partial charge in [-0.25, -0.2) is 0 Å². The number of carbonyl (C=O) groups is 1. The van der Waals surface area contributed by atoms with E-state index in [-0.39, 0.29) is 5.91 Å². The van der Waals surface area contributed by atoms with Crippen molar-refractivity contribution in [2.45, 2.75) is 26.2 Å². The molecule has 0 saturated heterocycles. The highest BCUT2D eigenvalue weighted by molar-refractivity contribution is 7.14. The van der Waals surface area contributed by atoms with Crippen LogP contribution >= 0.6 is 11.3 Å². The van der Waals surface area contributed by atoms with Crippen LogP contribution in [0.25, 0.3) is 0 Å². The zero-order chi connectivity index (χ0) is 13.0. The lowest BCUT2D eigenvalue weighted by atomic mass is 10.3. The number of aryl methyl sites for hydroxylation is 1. The van der Waals surface area contributed by atoms with Crippen LogP contribution in [0.4, 0.5) is 5.69 Å². The normalized spacial score (nSPS) is 14.7. The van der Waals surface area contributed by atoms with Crippen molar-refractivity contribution in [3.8, 4) is 0 Å². The van der Waals surface area contributed by atoms with Gasteiger partial charge < -0.3 is 15.8 Å². The molecule has 2 rings (SSSR count). The van der Waals surface area contributed by atoms with Gasteiger partial charge in [-0.2, -0.15) is 0 Å². The number of anilines is 1. The highest BCUT2D eigenvalue weighted by Gasteiger charge is 2.20. The highest BCUT2D eigenvalue weighted by atomic mass is 32.1. The van der Waals surface area contributed by atoms with Crippen molar-refractivity contribution >= 4 is 22.9 Å². The molecule has 1 aliphatic carbocycles. The van der Waals surface area contributed by atoms with E-state index in [0.717, 1.165) is 30.4 Å². The Bertz CT molecular complexity index is 394. The Kier molecular flexibility index (Phi) is 4.60. The van der Waals surface area contributed by atoms with Gasteiger partial charge in [-0.15, -0.1) is 11.3 Å². The molecule has 3 N–H and O–H groups in total. The Hall–Kier alpha value is -1.07. The van der Waals surface area contributed by atoms with Crippen LogP contribution in [0, 0.1) is 12.8 Å². The standard InChI is InChI=1S/C13H20N2O2S/c1-9-11(14)7-12(18-9)13(16)15-5-2-6-17-8-10-3-4-10/h7,10H,2-6,8,14H2,1H3,(H,15,16). The first-order valence-electron chi connectivity index (χ1n) is 6.38. The van der Waals surface area contributed by atoms with Crippen molar-refractivity contribution < 1.29 is 9.53 Å². The second kappa shape index (κ2) is 6.20. The molecule has 0 unspecified atom stereocenters. The van der Waals surface area contributed by atoms with Crippen LogP contribution in [0.2, 0.25) is 0 Å². The van der Waals surface area contributed by atoms with Crippen LogP contribution in [-0.2, 0) is 4.74 Å². The number of carbonyl (C=O) groups excluding carboxylic acids is 1. The summed E-state index contributed by atoms with van der Waals surface area (Å²) in [5.74, 6) is 0.763. The Morgan fingerprint density at radius 2 is 2.39 bits per heavy atom. The van der Waals surface area contributed by atoms with Crippen LogP contribution in [-0.4, -0.2) is 25.7 Å². The average Bonchev–Trinajstić information content (AvgIpc) is 3.10. The molecular weight excluding hydrogens is 248 g/mol. The molecule has 0 radical (unpaired) electrons. The predicted octanol–water partition coefficient (Wildman–Crippen LogP) is 2.19. The molecule has 0 aromatic carbocycles. The second-order valence-corrected chi connectivity index (χ2v) is 6.01. The maximum atomic E-state index is 11.8. The zero-order valence-corrected chi connectivity index (χ0v) is 11.5. The van der Waals surface area contributed by atoms with Gasteiger partial charge in [-0.05, 0) is 38.2 Å². The molecule has 1 saturated carbocycles. The Morgan fingerprint density at radius 3 is 3.00 bits per heavy atom. The number of amides is 1. The maximum Gasteiger partial charge on any atom is 0.261 e. The fourth-order valence-corrected chi connectivity index (χ4v) is 2.46. The highest BCUT2D eigenvalue weighted by Crippen LogP contribution is 2.28. The van der Waals surface area contributed by atoms with E-state index in [4.69, 9.17) is 10.5 Å². The molecular formula is C13H20N2O2S. The molecule has 0 aliphatic heterocycles. The van der Waals surface area contributed by atoms with E-state index < -0.39 is 0 Å². The van der Waals surface area contributed by atoms with Crippen molar-refractivity contribution in [2.75, 3.05) is 25.5 Å². The van der Waals surface area contributed by atoms with E-state index in [2.05, 4.69) is 5.32 Å². The first kappa shape index (κ1) is 13.4. The van der Waals surface area contributed by atoms with Crippen molar-refractivity contribution in [2.24, 2.45) is 5.92 Å². The molecule has 0 bridgehead atoms. The summed E-state index contributed by atoms with van der Waals surface area (Å²) in [6, 6.07) is 1.74. The number of thiophene rings is 1. The maximum absolute atomic E-state index is 11.8. The van der Waals surface area contributed by atoms with Gasteiger partial charge in [0.05, 0.1) is 4.88 Å². The summed E-state index contributed by atoms with van der Waals surface area (Å²) in [5, 5.41) is 2.88. The van der Waals surface area contributed by atoms with E-state index in [1.54, 1.807) is 6.07 Å². The third-order valence-corrected chi connectivity index (χ3v) is 4.05. The zero-order valence-electron chi connectivity index (χ0n) is 10.7. The topological polar surface area (TPSA) is 64.3 Å². The van der Waals surface area contributed by atoms with Gasteiger partial charge in [0.25, 0.3) is 5.91 Å². The summed E-state index contributed by atoms with van der Waals surface area (Å²) in [6.07, 6.45) is 3.49. The van der Waals surface area contributed by atoms with E-state index in [1.165, 1.54) is 24.2 Å². The summed E-state index contributed by atoms with van der Waals surface area (Å²) in [5.41, 5.74) is 6.41. The molecule has 5 heteroatoms. The largest absolute Gasteiger partial charge is 0.398 e. The minimum Gasteiger partial charge on any atom is -0.398 e.